The van der Waals surface area contributed by atoms with E-state index in [1.165, 1.54) is 5.56 Å². The van der Waals surface area contributed by atoms with Crippen LogP contribution in [0.15, 0.2) is 47.5 Å². The molecule has 0 spiro atoms. The maximum atomic E-state index is 13.4. The third-order valence-electron chi connectivity index (χ3n) is 4.10. The largest absolute Gasteiger partial charge is 0.359 e. The number of rotatable bonds is 8. The minimum Gasteiger partial charge on any atom is -0.307 e. The Kier molecular flexibility index (Phi) is 7.33. The minimum absolute atomic E-state index is 0.304. The van der Waals surface area contributed by atoms with E-state index in [9.17, 15) is 4.57 Å². The highest BCUT2D eigenvalue weighted by atomic mass is 31.2. The molecule has 0 aromatic heterocycles. The molecule has 4 nitrogen and oxygen atoms in total. The molecule has 5 heteroatoms. The zero-order valence-electron chi connectivity index (χ0n) is 16.2. The van der Waals surface area contributed by atoms with Gasteiger partial charge in [-0.15, -0.1) is 0 Å². The predicted molar refractivity (Wildman–Crippen MR) is 108 cm³/mol. The molecule has 0 radical (unpaired) electrons. The summed E-state index contributed by atoms with van der Waals surface area (Å²) in [7, 11) is -3.43. The van der Waals surface area contributed by atoms with E-state index in [0.29, 0.717) is 13.2 Å². The van der Waals surface area contributed by atoms with E-state index in [0.717, 1.165) is 22.3 Å². The van der Waals surface area contributed by atoms with Crippen LogP contribution in [0.2, 0.25) is 0 Å². The van der Waals surface area contributed by atoms with Crippen LogP contribution >= 0.6 is 7.60 Å². The lowest BCUT2D eigenvalue weighted by Crippen LogP contribution is -2.06. The van der Waals surface area contributed by atoms with Crippen molar-refractivity contribution in [1.29, 1.82) is 0 Å². The van der Waals surface area contributed by atoms with Crippen molar-refractivity contribution in [2.75, 3.05) is 13.2 Å². The van der Waals surface area contributed by atoms with Crippen LogP contribution in [-0.4, -0.2) is 19.4 Å². The first-order valence-electron chi connectivity index (χ1n) is 8.96. The average molecular weight is 373 g/mol. The summed E-state index contributed by atoms with van der Waals surface area (Å²) in [6.45, 7) is 10.4. The van der Waals surface area contributed by atoms with Crippen LogP contribution in [0.25, 0.3) is 0 Å². The number of nitrogens with zero attached hydrogens (tertiary/aromatic N) is 1. The van der Waals surface area contributed by atoms with Gasteiger partial charge in [-0.25, -0.2) is 0 Å². The molecule has 2 aromatic rings. The van der Waals surface area contributed by atoms with Gasteiger partial charge in [0.25, 0.3) is 0 Å². The third-order valence-corrected chi connectivity index (χ3v) is 6.36. The summed E-state index contributed by atoms with van der Waals surface area (Å²) in [5.41, 5.74) is 5.35. The predicted octanol–water partition coefficient (Wildman–Crippen LogP) is 6.00. The topological polar surface area (TPSA) is 47.9 Å². The zero-order valence-corrected chi connectivity index (χ0v) is 17.1. The van der Waals surface area contributed by atoms with Crippen molar-refractivity contribution in [3.05, 3.63) is 70.3 Å². The van der Waals surface area contributed by atoms with E-state index in [1.54, 1.807) is 6.21 Å². The molecule has 0 heterocycles. The maximum absolute atomic E-state index is 13.4. The Bertz CT molecular complexity index is 769. The maximum Gasteiger partial charge on any atom is 0.359 e. The van der Waals surface area contributed by atoms with Crippen molar-refractivity contribution >= 4 is 13.8 Å². The van der Waals surface area contributed by atoms with Crippen molar-refractivity contribution < 1.29 is 13.6 Å². The summed E-state index contributed by atoms with van der Waals surface area (Å²) in [5.74, 6) is -0.691. The van der Waals surface area contributed by atoms with E-state index < -0.39 is 13.4 Å². The second-order valence-electron chi connectivity index (χ2n) is 6.25. The van der Waals surface area contributed by atoms with Gasteiger partial charge in [-0.2, -0.15) is 0 Å². The van der Waals surface area contributed by atoms with Crippen LogP contribution in [0.4, 0.5) is 0 Å². The van der Waals surface area contributed by atoms with Gasteiger partial charge in [-0.3, -0.25) is 9.56 Å². The summed E-state index contributed by atoms with van der Waals surface area (Å²) in [5, 5.41) is 0. The Balaban J connectivity index is 2.50. The molecule has 1 atom stereocenters. The van der Waals surface area contributed by atoms with Crippen molar-refractivity contribution in [3.63, 3.8) is 0 Å². The number of aryl methyl sites for hydroxylation is 3. The Labute approximate surface area is 156 Å². The molecule has 26 heavy (non-hydrogen) atoms. The Morgan fingerprint density at radius 3 is 2.04 bits per heavy atom. The highest BCUT2D eigenvalue weighted by molar-refractivity contribution is 7.54. The molecule has 0 aliphatic carbocycles. The van der Waals surface area contributed by atoms with Crippen LogP contribution in [0, 0.1) is 20.8 Å². The second-order valence-corrected chi connectivity index (χ2v) is 8.34. The summed E-state index contributed by atoms with van der Waals surface area (Å²) in [4.78, 5) is 4.69. The number of hydrogen-bond donors (Lipinski definition) is 0. The van der Waals surface area contributed by atoms with Crippen molar-refractivity contribution in [1.82, 2.24) is 0 Å². The first-order valence-corrected chi connectivity index (χ1v) is 10.6. The van der Waals surface area contributed by atoms with Gasteiger partial charge in [-0.05, 0) is 56.9 Å². The molecule has 0 aliphatic heterocycles. The molecule has 0 N–H and O–H groups in total. The van der Waals surface area contributed by atoms with Gasteiger partial charge in [0.05, 0.1) is 13.2 Å². The number of hydrogen-bond acceptors (Lipinski definition) is 4. The van der Waals surface area contributed by atoms with Crippen molar-refractivity contribution in [2.45, 2.75) is 40.4 Å². The van der Waals surface area contributed by atoms with E-state index >= 15 is 0 Å². The molecule has 0 amide bonds. The molecule has 2 aromatic carbocycles. The molecule has 0 saturated heterocycles. The molecule has 0 fully saturated rings. The van der Waals surface area contributed by atoms with E-state index in [2.05, 4.69) is 37.9 Å². The lowest BCUT2D eigenvalue weighted by Gasteiger charge is -2.24. The van der Waals surface area contributed by atoms with Crippen molar-refractivity contribution in [2.24, 2.45) is 4.99 Å². The highest BCUT2D eigenvalue weighted by Gasteiger charge is 2.36. The number of benzene rings is 2. The molecule has 2 rings (SSSR count). The zero-order chi connectivity index (χ0) is 19.2. The van der Waals surface area contributed by atoms with Crippen molar-refractivity contribution in [3.8, 4) is 0 Å². The molecular formula is C21H28NO3P. The smallest absolute Gasteiger partial charge is 0.307 e. The highest BCUT2D eigenvalue weighted by Crippen LogP contribution is 2.61. The quantitative estimate of drug-likeness (QED) is 0.421. The van der Waals surface area contributed by atoms with Crippen LogP contribution in [0.1, 0.15) is 47.4 Å². The third kappa shape index (κ3) is 4.91. The fourth-order valence-corrected chi connectivity index (χ4v) is 4.90. The second kappa shape index (κ2) is 9.27. The molecule has 140 valence electrons. The Hall–Kier alpha value is -1.74. The van der Waals surface area contributed by atoms with Gasteiger partial charge >= 0.3 is 7.60 Å². The van der Waals surface area contributed by atoms with E-state index in [4.69, 9.17) is 9.05 Å². The molecule has 0 saturated carbocycles. The Morgan fingerprint density at radius 2 is 1.54 bits per heavy atom. The molecule has 0 aliphatic rings. The van der Waals surface area contributed by atoms with Gasteiger partial charge in [0.1, 0.15) is 0 Å². The minimum atomic E-state index is -3.43. The summed E-state index contributed by atoms with van der Waals surface area (Å²) < 4.78 is 24.5. The Morgan fingerprint density at radius 1 is 1.00 bits per heavy atom. The average Bonchev–Trinajstić information content (AvgIpc) is 2.58. The van der Waals surface area contributed by atoms with Gasteiger partial charge < -0.3 is 9.05 Å². The SMILES string of the molecule is CCOP(=O)(OCC)C(/N=C/c1c(C)cc(C)cc1C)c1ccccc1. The van der Waals surface area contributed by atoms with Crippen LogP contribution in [0.3, 0.4) is 0 Å². The monoisotopic (exact) mass is 373 g/mol. The first kappa shape index (κ1) is 20.6. The molecular weight excluding hydrogens is 345 g/mol. The van der Waals surface area contributed by atoms with Crippen LogP contribution < -0.4 is 0 Å². The fraction of sp³-hybridized carbons (Fsp3) is 0.381. The summed E-state index contributed by atoms with van der Waals surface area (Å²) >= 11 is 0. The lowest BCUT2D eigenvalue weighted by molar-refractivity contribution is 0.212. The van der Waals surface area contributed by atoms with Gasteiger partial charge in [-0.1, -0.05) is 48.0 Å². The summed E-state index contributed by atoms with van der Waals surface area (Å²) in [6.07, 6.45) is 1.80. The van der Waals surface area contributed by atoms with Crippen LogP contribution in [-0.2, 0) is 13.6 Å². The lowest BCUT2D eigenvalue weighted by atomic mass is 10.0. The van der Waals surface area contributed by atoms with E-state index in [-0.39, 0.29) is 0 Å². The normalized spacial score (nSPS) is 13.3. The van der Waals surface area contributed by atoms with E-state index in [1.807, 2.05) is 44.2 Å². The van der Waals surface area contributed by atoms with Gasteiger partial charge in [0, 0.05) is 6.21 Å². The van der Waals surface area contributed by atoms with Gasteiger partial charge in [0.15, 0.2) is 5.78 Å². The van der Waals surface area contributed by atoms with Crippen LogP contribution in [0.5, 0.6) is 0 Å². The fourth-order valence-electron chi connectivity index (χ4n) is 3.05. The molecule has 1 unspecified atom stereocenters. The van der Waals surface area contributed by atoms with Gasteiger partial charge in [0.2, 0.25) is 0 Å². The summed E-state index contributed by atoms with van der Waals surface area (Å²) in [6, 6.07) is 13.8. The number of aliphatic imine (C=N–C) groups is 1. The molecule has 0 bridgehead atoms. The first-order chi connectivity index (χ1) is 12.4. The standard InChI is InChI=1S/C21H28NO3P/c1-6-24-26(23,25-7-2)21(19-11-9-8-10-12-19)22-15-20-17(4)13-16(3)14-18(20)5/h8-15,21H,6-7H2,1-5H3/b22-15+.